The van der Waals surface area contributed by atoms with Gasteiger partial charge in [0.1, 0.15) is 0 Å². The Labute approximate surface area is 116 Å². The first-order chi connectivity index (χ1) is 9.08. The van der Waals surface area contributed by atoms with Crippen molar-refractivity contribution in [3.05, 3.63) is 0 Å². The van der Waals surface area contributed by atoms with Crippen molar-refractivity contribution in [1.29, 1.82) is 0 Å². The zero-order chi connectivity index (χ0) is 13.5. The van der Waals surface area contributed by atoms with Gasteiger partial charge in [-0.25, -0.2) is 0 Å². The smallest absolute Gasteiger partial charge is 0.226 e. The summed E-state index contributed by atoms with van der Waals surface area (Å²) in [5, 5.41) is 3.33. The minimum absolute atomic E-state index is 0.214. The SMILES string of the molecule is CC1(C)CCCC1C(=O)N1CCN(C2CNC2)CC1. The van der Waals surface area contributed by atoms with Crippen LogP contribution in [0.2, 0.25) is 0 Å². The summed E-state index contributed by atoms with van der Waals surface area (Å²) in [5.74, 6) is 0.693. The van der Waals surface area contributed by atoms with Gasteiger partial charge in [-0.15, -0.1) is 0 Å². The predicted molar refractivity (Wildman–Crippen MR) is 75.9 cm³/mol. The van der Waals surface area contributed by atoms with Crippen LogP contribution in [0.3, 0.4) is 0 Å². The van der Waals surface area contributed by atoms with E-state index in [1.165, 1.54) is 12.8 Å². The second kappa shape index (κ2) is 5.06. The van der Waals surface area contributed by atoms with Crippen LogP contribution in [0.1, 0.15) is 33.1 Å². The minimum atomic E-state index is 0.214. The van der Waals surface area contributed by atoms with Crippen LogP contribution < -0.4 is 5.32 Å². The van der Waals surface area contributed by atoms with E-state index in [9.17, 15) is 4.79 Å². The number of rotatable bonds is 2. The first-order valence-corrected chi connectivity index (χ1v) is 7.81. The van der Waals surface area contributed by atoms with Crippen molar-refractivity contribution in [3.8, 4) is 0 Å². The van der Waals surface area contributed by atoms with Crippen LogP contribution in [0.15, 0.2) is 0 Å². The third-order valence-corrected chi connectivity index (χ3v) is 5.46. The third kappa shape index (κ3) is 2.52. The standard InChI is InChI=1S/C15H27N3O/c1-15(2)5-3-4-13(15)14(19)18-8-6-17(7-9-18)12-10-16-11-12/h12-13,16H,3-11H2,1-2H3. The molecule has 1 unspecified atom stereocenters. The number of hydrogen-bond acceptors (Lipinski definition) is 3. The summed E-state index contributed by atoms with van der Waals surface area (Å²) in [7, 11) is 0. The van der Waals surface area contributed by atoms with Gasteiger partial charge in [-0.3, -0.25) is 9.69 Å². The highest BCUT2D eigenvalue weighted by molar-refractivity contribution is 5.80. The molecule has 3 rings (SSSR count). The van der Waals surface area contributed by atoms with Crippen LogP contribution in [-0.4, -0.2) is 61.0 Å². The topological polar surface area (TPSA) is 35.6 Å². The van der Waals surface area contributed by atoms with Crippen LogP contribution in [0.5, 0.6) is 0 Å². The predicted octanol–water partition coefficient (Wildman–Crippen LogP) is 0.929. The van der Waals surface area contributed by atoms with Gasteiger partial charge in [0.2, 0.25) is 5.91 Å². The molecule has 4 heteroatoms. The van der Waals surface area contributed by atoms with Crippen molar-refractivity contribution in [2.75, 3.05) is 39.3 Å². The molecule has 4 nitrogen and oxygen atoms in total. The van der Waals surface area contributed by atoms with Crippen LogP contribution in [0.25, 0.3) is 0 Å². The van der Waals surface area contributed by atoms with Crippen molar-refractivity contribution in [2.24, 2.45) is 11.3 Å². The van der Waals surface area contributed by atoms with E-state index in [4.69, 9.17) is 0 Å². The molecule has 0 bridgehead atoms. The molecule has 2 saturated heterocycles. The normalized spacial score (nSPS) is 32.3. The number of carbonyl (C=O) groups excluding carboxylic acids is 1. The monoisotopic (exact) mass is 265 g/mol. The van der Waals surface area contributed by atoms with Crippen molar-refractivity contribution in [2.45, 2.75) is 39.2 Å². The van der Waals surface area contributed by atoms with E-state index in [0.29, 0.717) is 5.91 Å². The van der Waals surface area contributed by atoms with Crippen molar-refractivity contribution < 1.29 is 4.79 Å². The number of piperazine rings is 1. The molecule has 0 aromatic carbocycles. The Morgan fingerprint density at radius 2 is 1.84 bits per heavy atom. The lowest BCUT2D eigenvalue weighted by atomic mass is 9.81. The van der Waals surface area contributed by atoms with Gasteiger partial charge < -0.3 is 10.2 Å². The summed E-state index contributed by atoms with van der Waals surface area (Å²) in [6.07, 6.45) is 3.52. The molecule has 3 fully saturated rings. The van der Waals surface area contributed by atoms with Gasteiger partial charge in [0.25, 0.3) is 0 Å². The zero-order valence-corrected chi connectivity index (χ0v) is 12.3. The first kappa shape index (κ1) is 13.4. The summed E-state index contributed by atoms with van der Waals surface area (Å²) < 4.78 is 0. The van der Waals surface area contributed by atoms with Crippen molar-refractivity contribution in [3.63, 3.8) is 0 Å². The molecule has 0 aromatic rings. The summed E-state index contributed by atoms with van der Waals surface area (Å²) in [6.45, 7) is 10.8. The molecule has 19 heavy (non-hydrogen) atoms. The van der Waals surface area contributed by atoms with E-state index in [-0.39, 0.29) is 11.3 Å². The van der Waals surface area contributed by atoms with Crippen LogP contribution in [0, 0.1) is 11.3 Å². The second-order valence-corrected chi connectivity index (χ2v) is 7.11. The van der Waals surface area contributed by atoms with E-state index in [1.54, 1.807) is 0 Å². The Hall–Kier alpha value is -0.610. The fraction of sp³-hybridized carbons (Fsp3) is 0.933. The molecule has 1 aliphatic carbocycles. The highest BCUT2D eigenvalue weighted by Crippen LogP contribution is 2.43. The molecule has 1 amide bonds. The molecule has 0 radical (unpaired) electrons. The lowest BCUT2D eigenvalue weighted by molar-refractivity contribution is -0.140. The maximum atomic E-state index is 12.7. The Kier molecular flexibility index (Phi) is 3.56. The van der Waals surface area contributed by atoms with E-state index in [2.05, 4.69) is 29.0 Å². The van der Waals surface area contributed by atoms with Gasteiger partial charge >= 0.3 is 0 Å². The number of hydrogen-bond donors (Lipinski definition) is 1. The lowest BCUT2D eigenvalue weighted by Gasteiger charge is -2.44. The Morgan fingerprint density at radius 3 is 2.32 bits per heavy atom. The molecular weight excluding hydrogens is 238 g/mol. The van der Waals surface area contributed by atoms with Crippen LogP contribution in [-0.2, 0) is 4.79 Å². The van der Waals surface area contributed by atoms with Gasteiger partial charge in [-0.05, 0) is 18.3 Å². The quantitative estimate of drug-likeness (QED) is 0.807. The van der Waals surface area contributed by atoms with Gasteiger partial charge in [0.15, 0.2) is 0 Å². The molecule has 0 aromatic heterocycles. The maximum Gasteiger partial charge on any atom is 0.226 e. The Bertz CT molecular complexity index is 343. The molecule has 1 atom stereocenters. The molecule has 108 valence electrons. The van der Waals surface area contributed by atoms with Crippen LogP contribution in [0.4, 0.5) is 0 Å². The van der Waals surface area contributed by atoms with Crippen molar-refractivity contribution >= 4 is 5.91 Å². The van der Waals surface area contributed by atoms with Gasteiger partial charge in [0, 0.05) is 51.2 Å². The average molecular weight is 265 g/mol. The third-order valence-electron chi connectivity index (χ3n) is 5.46. The molecule has 3 aliphatic rings. The molecule has 1 saturated carbocycles. The van der Waals surface area contributed by atoms with E-state index >= 15 is 0 Å². The van der Waals surface area contributed by atoms with E-state index in [1.807, 2.05) is 0 Å². The number of carbonyl (C=O) groups is 1. The highest BCUT2D eigenvalue weighted by Gasteiger charge is 2.42. The molecule has 1 N–H and O–H groups in total. The fourth-order valence-electron chi connectivity index (χ4n) is 3.84. The summed E-state index contributed by atoms with van der Waals surface area (Å²) >= 11 is 0. The zero-order valence-electron chi connectivity index (χ0n) is 12.3. The summed E-state index contributed by atoms with van der Waals surface area (Å²) in [5.41, 5.74) is 0.214. The summed E-state index contributed by atoms with van der Waals surface area (Å²) in [4.78, 5) is 17.3. The van der Waals surface area contributed by atoms with Gasteiger partial charge in [0.05, 0.1) is 0 Å². The van der Waals surface area contributed by atoms with E-state index in [0.717, 1.165) is 51.7 Å². The minimum Gasteiger partial charge on any atom is -0.340 e. The Morgan fingerprint density at radius 1 is 1.16 bits per heavy atom. The first-order valence-electron chi connectivity index (χ1n) is 7.81. The largest absolute Gasteiger partial charge is 0.340 e. The van der Waals surface area contributed by atoms with E-state index < -0.39 is 0 Å². The maximum absolute atomic E-state index is 12.7. The Balaban J connectivity index is 1.54. The molecule has 2 heterocycles. The average Bonchev–Trinajstić information content (AvgIpc) is 2.67. The summed E-state index contributed by atoms with van der Waals surface area (Å²) in [6, 6.07) is 0.722. The lowest BCUT2D eigenvalue weighted by Crippen LogP contribution is -2.62. The molecule has 0 spiro atoms. The van der Waals surface area contributed by atoms with Crippen molar-refractivity contribution in [1.82, 2.24) is 15.1 Å². The number of nitrogens with one attached hydrogen (secondary N) is 1. The van der Waals surface area contributed by atoms with Gasteiger partial charge in [-0.1, -0.05) is 20.3 Å². The molecular formula is C15H27N3O. The number of amides is 1. The second-order valence-electron chi connectivity index (χ2n) is 7.11. The molecule has 2 aliphatic heterocycles. The highest BCUT2D eigenvalue weighted by atomic mass is 16.2. The van der Waals surface area contributed by atoms with Crippen LogP contribution >= 0.6 is 0 Å². The number of nitrogens with zero attached hydrogens (tertiary/aromatic N) is 2. The fourth-order valence-corrected chi connectivity index (χ4v) is 3.84. The van der Waals surface area contributed by atoms with Gasteiger partial charge in [-0.2, -0.15) is 0 Å².